The van der Waals surface area contributed by atoms with Crippen molar-refractivity contribution in [3.8, 4) is 0 Å². The Kier molecular flexibility index (Phi) is 4.07. The first-order chi connectivity index (χ1) is 6.20. The van der Waals surface area contributed by atoms with Crippen LogP contribution in [0, 0.1) is 0 Å². The summed E-state index contributed by atoms with van der Waals surface area (Å²) >= 11 is 0. The van der Waals surface area contributed by atoms with Gasteiger partial charge < -0.3 is 4.90 Å². The minimum absolute atomic E-state index is 1.25. The van der Waals surface area contributed by atoms with Crippen molar-refractivity contribution in [2.45, 2.75) is 40.0 Å². The van der Waals surface area contributed by atoms with Crippen molar-refractivity contribution in [3.05, 3.63) is 23.4 Å². The standard InChI is InChI=1S/C12H21N/c1-11(2)7-8-12(3)13-9-5-4-6-10-13/h7-8H,4-6,9-10H2,1-3H3/b12-8+. The molecule has 1 rings (SSSR count). The van der Waals surface area contributed by atoms with E-state index in [4.69, 9.17) is 0 Å². The fourth-order valence-electron chi connectivity index (χ4n) is 1.64. The van der Waals surface area contributed by atoms with Crippen LogP contribution in [0.25, 0.3) is 0 Å². The molecule has 0 aliphatic carbocycles. The number of likely N-dealkylation sites (tertiary alicyclic amines) is 1. The maximum Gasteiger partial charge on any atom is 0.0174 e. The molecule has 1 heteroatoms. The zero-order chi connectivity index (χ0) is 9.68. The van der Waals surface area contributed by atoms with Gasteiger partial charge in [-0.1, -0.05) is 11.6 Å². The number of allylic oxidation sites excluding steroid dienone is 4. The highest BCUT2D eigenvalue weighted by atomic mass is 15.1. The van der Waals surface area contributed by atoms with Crippen LogP contribution in [0.5, 0.6) is 0 Å². The van der Waals surface area contributed by atoms with E-state index in [1.165, 1.54) is 43.6 Å². The van der Waals surface area contributed by atoms with Gasteiger partial charge in [-0.15, -0.1) is 0 Å². The summed E-state index contributed by atoms with van der Waals surface area (Å²) in [6.45, 7) is 8.99. The highest BCUT2D eigenvalue weighted by Gasteiger charge is 2.08. The predicted molar refractivity (Wildman–Crippen MR) is 58.6 cm³/mol. The fraction of sp³-hybridized carbons (Fsp3) is 0.667. The predicted octanol–water partition coefficient (Wildman–Crippen LogP) is 3.34. The molecule has 1 saturated heterocycles. The quantitative estimate of drug-likeness (QED) is 0.588. The van der Waals surface area contributed by atoms with Crippen LogP contribution in [0.2, 0.25) is 0 Å². The summed E-state index contributed by atoms with van der Waals surface area (Å²) in [5.41, 5.74) is 2.79. The summed E-state index contributed by atoms with van der Waals surface area (Å²) in [4.78, 5) is 2.49. The van der Waals surface area contributed by atoms with Gasteiger partial charge in [-0.25, -0.2) is 0 Å². The van der Waals surface area contributed by atoms with E-state index in [9.17, 15) is 0 Å². The number of nitrogens with zero attached hydrogens (tertiary/aromatic N) is 1. The van der Waals surface area contributed by atoms with Gasteiger partial charge in [0.05, 0.1) is 0 Å². The van der Waals surface area contributed by atoms with Crippen molar-refractivity contribution >= 4 is 0 Å². The van der Waals surface area contributed by atoms with Gasteiger partial charge >= 0.3 is 0 Å². The second kappa shape index (κ2) is 5.11. The molecule has 0 aromatic rings. The van der Waals surface area contributed by atoms with E-state index < -0.39 is 0 Å². The van der Waals surface area contributed by atoms with Gasteiger partial charge in [-0.3, -0.25) is 0 Å². The van der Waals surface area contributed by atoms with Gasteiger partial charge in [0.2, 0.25) is 0 Å². The van der Waals surface area contributed by atoms with Crippen molar-refractivity contribution in [1.82, 2.24) is 4.90 Å². The first-order valence-corrected chi connectivity index (χ1v) is 5.27. The maximum atomic E-state index is 2.49. The second-order valence-corrected chi connectivity index (χ2v) is 4.10. The van der Waals surface area contributed by atoms with E-state index in [1.54, 1.807) is 0 Å². The normalized spacial score (nSPS) is 18.7. The first kappa shape index (κ1) is 10.4. The SMILES string of the molecule is CC(C)=C/C=C(\C)N1CCCCC1. The lowest BCUT2D eigenvalue weighted by atomic mass is 10.1. The third kappa shape index (κ3) is 3.67. The zero-order valence-corrected chi connectivity index (χ0v) is 9.14. The van der Waals surface area contributed by atoms with Gasteiger partial charge in [0, 0.05) is 18.8 Å². The van der Waals surface area contributed by atoms with Gasteiger partial charge in [0.25, 0.3) is 0 Å². The monoisotopic (exact) mass is 179 g/mol. The fourth-order valence-corrected chi connectivity index (χ4v) is 1.64. The van der Waals surface area contributed by atoms with Gasteiger partial charge in [0.1, 0.15) is 0 Å². The van der Waals surface area contributed by atoms with Crippen molar-refractivity contribution in [1.29, 1.82) is 0 Å². The molecule has 0 bridgehead atoms. The van der Waals surface area contributed by atoms with Crippen LogP contribution >= 0.6 is 0 Å². The highest BCUT2D eigenvalue weighted by Crippen LogP contribution is 2.14. The molecule has 0 unspecified atom stereocenters. The molecule has 1 nitrogen and oxygen atoms in total. The van der Waals surface area contributed by atoms with E-state index in [0.29, 0.717) is 0 Å². The van der Waals surface area contributed by atoms with Crippen LogP contribution in [0.3, 0.4) is 0 Å². The summed E-state index contributed by atoms with van der Waals surface area (Å²) in [5, 5.41) is 0. The van der Waals surface area contributed by atoms with Crippen molar-refractivity contribution in [2.75, 3.05) is 13.1 Å². The Morgan fingerprint density at radius 2 is 1.54 bits per heavy atom. The van der Waals surface area contributed by atoms with Gasteiger partial charge in [0.15, 0.2) is 0 Å². The van der Waals surface area contributed by atoms with Gasteiger partial charge in [-0.2, -0.15) is 0 Å². The molecule has 0 spiro atoms. The molecule has 0 aromatic heterocycles. The molecule has 1 fully saturated rings. The van der Waals surface area contributed by atoms with E-state index in [1.807, 2.05) is 0 Å². The molecule has 0 aromatic carbocycles. The lowest BCUT2D eigenvalue weighted by Gasteiger charge is -2.29. The molecule has 13 heavy (non-hydrogen) atoms. The third-order valence-corrected chi connectivity index (χ3v) is 2.51. The molecule has 74 valence electrons. The van der Waals surface area contributed by atoms with Crippen LogP contribution in [0.15, 0.2) is 23.4 Å². The Morgan fingerprint density at radius 1 is 0.923 bits per heavy atom. The van der Waals surface area contributed by atoms with E-state index in [0.717, 1.165) is 0 Å². The van der Waals surface area contributed by atoms with E-state index in [2.05, 4.69) is 37.8 Å². The Bertz CT molecular complexity index is 203. The zero-order valence-electron chi connectivity index (χ0n) is 9.14. The Morgan fingerprint density at radius 3 is 2.08 bits per heavy atom. The van der Waals surface area contributed by atoms with E-state index in [-0.39, 0.29) is 0 Å². The van der Waals surface area contributed by atoms with Gasteiger partial charge in [-0.05, 0) is 46.1 Å². The van der Waals surface area contributed by atoms with Crippen LogP contribution < -0.4 is 0 Å². The molecular formula is C12H21N. The molecule has 0 N–H and O–H groups in total. The molecule has 0 radical (unpaired) electrons. The summed E-state index contributed by atoms with van der Waals surface area (Å²) in [5.74, 6) is 0. The molecule has 0 saturated carbocycles. The first-order valence-electron chi connectivity index (χ1n) is 5.27. The Balaban J connectivity index is 2.49. The molecule has 1 aliphatic rings. The average molecular weight is 179 g/mol. The average Bonchev–Trinajstić information content (AvgIpc) is 2.15. The Hall–Kier alpha value is -0.720. The number of hydrogen-bond donors (Lipinski definition) is 0. The second-order valence-electron chi connectivity index (χ2n) is 4.10. The summed E-state index contributed by atoms with van der Waals surface area (Å²) in [7, 11) is 0. The number of hydrogen-bond acceptors (Lipinski definition) is 1. The topological polar surface area (TPSA) is 3.24 Å². The van der Waals surface area contributed by atoms with Crippen LogP contribution in [0.4, 0.5) is 0 Å². The molecular weight excluding hydrogens is 158 g/mol. The Labute approximate surface area is 82.1 Å². The van der Waals surface area contributed by atoms with Crippen molar-refractivity contribution in [3.63, 3.8) is 0 Å². The molecule has 1 aliphatic heterocycles. The smallest absolute Gasteiger partial charge is 0.0174 e. The largest absolute Gasteiger partial charge is 0.375 e. The lowest BCUT2D eigenvalue weighted by molar-refractivity contribution is 0.286. The summed E-state index contributed by atoms with van der Waals surface area (Å²) < 4.78 is 0. The van der Waals surface area contributed by atoms with Crippen molar-refractivity contribution < 1.29 is 0 Å². The highest BCUT2D eigenvalue weighted by molar-refractivity contribution is 5.13. The van der Waals surface area contributed by atoms with Crippen LogP contribution in [-0.4, -0.2) is 18.0 Å². The molecule has 1 heterocycles. The van der Waals surface area contributed by atoms with Crippen LogP contribution in [0.1, 0.15) is 40.0 Å². The maximum absolute atomic E-state index is 2.49. The lowest BCUT2D eigenvalue weighted by Crippen LogP contribution is -2.27. The van der Waals surface area contributed by atoms with Crippen LogP contribution in [-0.2, 0) is 0 Å². The summed E-state index contributed by atoms with van der Waals surface area (Å²) in [6.07, 6.45) is 8.57. The number of rotatable bonds is 2. The van der Waals surface area contributed by atoms with E-state index >= 15 is 0 Å². The summed E-state index contributed by atoms with van der Waals surface area (Å²) in [6, 6.07) is 0. The minimum atomic E-state index is 1.25. The third-order valence-electron chi connectivity index (χ3n) is 2.51. The number of piperidine rings is 1. The van der Waals surface area contributed by atoms with Crippen molar-refractivity contribution in [2.24, 2.45) is 0 Å². The minimum Gasteiger partial charge on any atom is -0.375 e. The molecule has 0 atom stereocenters. The molecule has 0 amide bonds.